The van der Waals surface area contributed by atoms with E-state index >= 15 is 0 Å². The summed E-state index contributed by atoms with van der Waals surface area (Å²) < 4.78 is 2.06. The van der Waals surface area contributed by atoms with Crippen LogP contribution in [-0.4, -0.2) is 50.8 Å². The summed E-state index contributed by atoms with van der Waals surface area (Å²) in [6, 6.07) is 7.96. The van der Waals surface area contributed by atoms with Crippen LogP contribution in [0.15, 0.2) is 35.8 Å². The van der Waals surface area contributed by atoms with E-state index in [0.717, 1.165) is 46.6 Å². The summed E-state index contributed by atoms with van der Waals surface area (Å²) in [5.41, 5.74) is 2.85. The summed E-state index contributed by atoms with van der Waals surface area (Å²) in [5, 5.41) is 4.16. The molecular formula is C23H26N4O2S. The predicted octanol–water partition coefficient (Wildman–Crippen LogP) is 3.60. The van der Waals surface area contributed by atoms with Crippen LogP contribution in [0.5, 0.6) is 0 Å². The molecule has 6 nitrogen and oxygen atoms in total. The van der Waals surface area contributed by atoms with Crippen molar-refractivity contribution in [1.82, 2.24) is 19.4 Å². The lowest BCUT2D eigenvalue weighted by Gasteiger charge is -2.38. The van der Waals surface area contributed by atoms with Gasteiger partial charge in [0.2, 0.25) is 5.91 Å². The van der Waals surface area contributed by atoms with Crippen molar-refractivity contribution < 1.29 is 9.59 Å². The molecule has 0 aliphatic carbocycles. The number of thiazole rings is 1. The number of aromatic nitrogens is 2. The number of benzene rings is 1. The molecule has 156 valence electrons. The number of rotatable bonds is 3. The normalized spacial score (nSPS) is 18.7. The number of fused-ring (bicyclic) bond motifs is 1. The minimum Gasteiger partial charge on any atom is -0.351 e. The van der Waals surface area contributed by atoms with E-state index in [0.29, 0.717) is 26.1 Å². The summed E-state index contributed by atoms with van der Waals surface area (Å²) >= 11 is 1.62. The Bertz CT molecular complexity index is 1120. The zero-order chi connectivity index (χ0) is 20.9. The topological polar surface area (TPSA) is 58.4 Å². The first-order valence-electron chi connectivity index (χ1n) is 10.5. The van der Waals surface area contributed by atoms with Gasteiger partial charge in [-0.3, -0.25) is 9.59 Å². The molecule has 0 unspecified atom stereocenters. The summed E-state index contributed by atoms with van der Waals surface area (Å²) in [6.45, 7) is 4.79. The Morgan fingerprint density at radius 1 is 1.23 bits per heavy atom. The fourth-order valence-electron chi connectivity index (χ4n) is 4.92. The quantitative estimate of drug-likeness (QED) is 0.648. The number of carbonyl (C=O) groups is 2. The highest BCUT2D eigenvalue weighted by Gasteiger charge is 2.45. The Morgan fingerprint density at radius 2 is 2.03 bits per heavy atom. The van der Waals surface area contributed by atoms with E-state index < -0.39 is 0 Å². The monoisotopic (exact) mass is 422 g/mol. The van der Waals surface area contributed by atoms with Crippen LogP contribution < -0.4 is 0 Å². The molecule has 1 aromatic carbocycles. The molecule has 2 amide bonds. The van der Waals surface area contributed by atoms with Gasteiger partial charge in [0.1, 0.15) is 0 Å². The van der Waals surface area contributed by atoms with Crippen molar-refractivity contribution in [3.63, 3.8) is 0 Å². The third kappa shape index (κ3) is 3.41. The summed E-state index contributed by atoms with van der Waals surface area (Å²) in [4.78, 5) is 34.1. The van der Waals surface area contributed by atoms with Crippen molar-refractivity contribution in [2.75, 3.05) is 19.6 Å². The average molecular weight is 423 g/mol. The number of piperidine rings is 1. The van der Waals surface area contributed by atoms with Gasteiger partial charge in [0.05, 0.1) is 17.2 Å². The molecule has 4 heterocycles. The predicted molar refractivity (Wildman–Crippen MR) is 117 cm³/mol. The third-order valence-corrected chi connectivity index (χ3v) is 7.49. The van der Waals surface area contributed by atoms with Crippen LogP contribution in [0, 0.1) is 12.3 Å². The molecular weight excluding hydrogens is 396 g/mol. The fourth-order valence-corrected chi connectivity index (χ4v) is 5.52. The van der Waals surface area contributed by atoms with E-state index in [-0.39, 0.29) is 17.2 Å². The smallest absolute Gasteiger partial charge is 0.253 e. The van der Waals surface area contributed by atoms with Crippen LogP contribution in [-0.2, 0) is 18.4 Å². The number of nitrogens with zero attached hydrogens (tertiary/aromatic N) is 4. The number of amides is 2. The molecule has 2 fully saturated rings. The Morgan fingerprint density at radius 3 is 2.77 bits per heavy atom. The molecule has 1 spiro atoms. The maximum atomic E-state index is 13.1. The second kappa shape index (κ2) is 7.23. The number of carbonyl (C=O) groups excluding carboxylic acids is 2. The molecule has 0 radical (unpaired) electrons. The van der Waals surface area contributed by atoms with Crippen LogP contribution in [0.3, 0.4) is 0 Å². The van der Waals surface area contributed by atoms with E-state index in [1.54, 1.807) is 11.3 Å². The Labute approximate surface area is 180 Å². The maximum absolute atomic E-state index is 13.1. The molecule has 5 rings (SSSR count). The molecule has 2 aliphatic rings. The largest absolute Gasteiger partial charge is 0.351 e. The summed E-state index contributed by atoms with van der Waals surface area (Å²) in [5.74, 6) is 0.310. The van der Waals surface area contributed by atoms with E-state index in [1.807, 2.05) is 59.6 Å². The van der Waals surface area contributed by atoms with E-state index in [9.17, 15) is 9.59 Å². The Hall–Kier alpha value is -2.67. The molecule has 0 N–H and O–H groups in total. The summed E-state index contributed by atoms with van der Waals surface area (Å²) in [7, 11) is 2.01. The fraction of sp³-hybridized carbons (Fsp3) is 0.435. The lowest BCUT2D eigenvalue weighted by Crippen LogP contribution is -2.44. The lowest BCUT2D eigenvalue weighted by molar-refractivity contribution is -0.128. The molecule has 0 bridgehead atoms. The van der Waals surface area contributed by atoms with Crippen LogP contribution in [0.4, 0.5) is 0 Å². The first-order chi connectivity index (χ1) is 14.4. The van der Waals surface area contributed by atoms with Gasteiger partial charge < -0.3 is 14.4 Å². The molecule has 7 heteroatoms. The molecule has 3 aromatic rings. The third-order valence-electron chi connectivity index (χ3n) is 6.67. The van der Waals surface area contributed by atoms with Crippen LogP contribution in [0.1, 0.15) is 40.3 Å². The molecule has 0 atom stereocenters. The van der Waals surface area contributed by atoms with E-state index in [2.05, 4.69) is 9.55 Å². The van der Waals surface area contributed by atoms with Gasteiger partial charge in [-0.25, -0.2) is 4.98 Å². The average Bonchev–Trinajstić information content (AvgIpc) is 3.40. The van der Waals surface area contributed by atoms with Gasteiger partial charge in [0.15, 0.2) is 0 Å². The number of likely N-dealkylation sites (tertiary alicyclic amines) is 2. The number of aryl methyl sites for hydroxylation is 2. The van der Waals surface area contributed by atoms with Crippen molar-refractivity contribution in [1.29, 1.82) is 0 Å². The Balaban J connectivity index is 1.24. The SMILES string of the molecule is Cc1nc(CN2CC3(CCN(C(=O)c4ccc5c(ccn5C)c4)CC3)CC2=O)cs1. The van der Waals surface area contributed by atoms with Crippen LogP contribution in [0.25, 0.3) is 10.9 Å². The van der Waals surface area contributed by atoms with Gasteiger partial charge in [-0.05, 0) is 44.0 Å². The van der Waals surface area contributed by atoms with Gasteiger partial charge in [0.25, 0.3) is 5.91 Å². The van der Waals surface area contributed by atoms with Crippen molar-refractivity contribution in [2.45, 2.75) is 32.7 Å². The molecule has 30 heavy (non-hydrogen) atoms. The van der Waals surface area contributed by atoms with Crippen LogP contribution in [0.2, 0.25) is 0 Å². The number of hydrogen-bond acceptors (Lipinski definition) is 4. The van der Waals surface area contributed by atoms with Crippen molar-refractivity contribution in [3.05, 3.63) is 52.1 Å². The minimum atomic E-state index is 0.00230. The maximum Gasteiger partial charge on any atom is 0.253 e. The highest BCUT2D eigenvalue weighted by molar-refractivity contribution is 7.09. The highest BCUT2D eigenvalue weighted by atomic mass is 32.1. The first kappa shape index (κ1) is 19.3. The Kier molecular flexibility index (Phi) is 4.65. The van der Waals surface area contributed by atoms with Crippen molar-refractivity contribution in [3.8, 4) is 0 Å². The standard InChI is InChI=1S/C23H26N4O2S/c1-16-24-19(14-30-16)13-27-15-23(12-21(27)28)6-9-26(10-7-23)22(29)18-3-4-20-17(11-18)5-8-25(20)2/h3-5,8,11,14H,6-7,9-10,12-13,15H2,1-2H3. The lowest BCUT2D eigenvalue weighted by atomic mass is 9.77. The second-order valence-electron chi connectivity index (χ2n) is 8.78. The van der Waals surface area contributed by atoms with E-state index in [4.69, 9.17) is 0 Å². The van der Waals surface area contributed by atoms with Gasteiger partial charge in [-0.2, -0.15) is 0 Å². The van der Waals surface area contributed by atoms with Crippen molar-refractivity contribution >= 4 is 34.1 Å². The molecule has 2 aromatic heterocycles. The van der Waals surface area contributed by atoms with Gasteiger partial charge in [-0.1, -0.05) is 0 Å². The number of hydrogen-bond donors (Lipinski definition) is 0. The molecule has 0 saturated carbocycles. The zero-order valence-electron chi connectivity index (χ0n) is 17.4. The molecule has 2 aliphatic heterocycles. The van der Waals surface area contributed by atoms with Gasteiger partial charge in [0, 0.05) is 66.6 Å². The van der Waals surface area contributed by atoms with Gasteiger partial charge in [-0.15, -0.1) is 11.3 Å². The first-order valence-corrected chi connectivity index (χ1v) is 11.3. The van der Waals surface area contributed by atoms with Crippen molar-refractivity contribution in [2.24, 2.45) is 12.5 Å². The highest BCUT2D eigenvalue weighted by Crippen LogP contribution is 2.41. The van der Waals surface area contributed by atoms with Gasteiger partial charge >= 0.3 is 0 Å². The minimum absolute atomic E-state index is 0.00230. The summed E-state index contributed by atoms with van der Waals surface area (Å²) in [6.07, 6.45) is 4.36. The molecule has 2 saturated heterocycles. The zero-order valence-corrected chi connectivity index (χ0v) is 18.2. The second-order valence-corrected chi connectivity index (χ2v) is 9.84. The van der Waals surface area contributed by atoms with E-state index in [1.165, 1.54) is 0 Å². The van der Waals surface area contributed by atoms with Crippen LogP contribution >= 0.6 is 11.3 Å².